The highest BCUT2D eigenvalue weighted by atomic mass is 16.5. The Hall–Kier alpha value is -3.02. The summed E-state index contributed by atoms with van der Waals surface area (Å²) >= 11 is 0. The van der Waals surface area contributed by atoms with Crippen molar-refractivity contribution in [3.8, 4) is 11.5 Å². The third-order valence-electron chi connectivity index (χ3n) is 5.14. The molecule has 0 saturated carbocycles. The minimum Gasteiger partial charge on any atom is -0.494 e. The van der Waals surface area contributed by atoms with Crippen LogP contribution in [0.2, 0.25) is 0 Å². The quantitative estimate of drug-likeness (QED) is 0.689. The summed E-state index contributed by atoms with van der Waals surface area (Å²) in [6.07, 6.45) is 2.27. The number of nitrogens with one attached hydrogen (secondary N) is 1. The number of hydrogen-bond donors (Lipinski definition) is 1. The van der Waals surface area contributed by atoms with E-state index >= 15 is 0 Å². The van der Waals surface area contributed by atoms with E-state index in [1.807, 2.05) is 66.4 Å². The lowest BCUT2D eigenvalue weighted by atomic mass is 10.0. The Morgan fingerprint density at radius 1 is 0.967 bits per heavy atom. The molecule has 1 aliphatic heterocycles. The summed E-state index contributed by atoms with van der Waals surface area (Å²) < 4.78 is 11.0. The Bertz CT molecular complexity index is 800. The van der Waals surface area contributed by atoms with E-state index in [1.165, 1.54) is 0 Å². The summed E-state index contributed by atoms with van der Waals surface area (Å²) in [5, 5.41) is 3.06. The van der Waals surface area contributed by atoms with E-state index in [0.29, 0.717) is 39.1 Å². The van der Waals surface area contributed by atoms with Gasteiger partial charge in [0.05, 0.1) is 26.1 Å². The normalized spacial score (nSPS) is 14.2. The van der Waals surface area contributed by atoms with Crippen molar-refractivity contribution in [2.75, 3.05) is 26.3 Å². The van der Waals surface area contributed by atoms with Crippen LogP contribution in [-0.4, -0.2) is 49.1 Å². The van der Waals surface area contributed by atoms with Crippen molar-refractivity contribution in [3.05, 3.63) is 60.2 Å². The molecular formula is C24H30N2O4. The third kappa shape index (κ3) is 6.79. The van der Waals surface area contributed by atoms with Gasteiger partial charge in [-0.1, -0.05) is 30.3 Å². The van der Waals surface area contributed by atoms with Gasteiger partial charge in [0.15, 0.2) is 0 Å². The maximum atomic E-state index is 12.6. The molecule has 1 heterocycles. The fourth-order valence-corrected chi connectivity index (χ4v) is 3.51. The largest absolute Gasteiger partial charge is 0.494 e. The molecule has 160 valence electrons. The zero-order valence-corrected chi connectivity index (χ0v) is 17.5. The number of carbonyl (C=O) groups excluding carboxylic acids is 2. The summed E-state index contributed by atoms with van der Waals surface area (Å²) in [4.78, 5) is 26.6. The molecule has 0 unspecified atom stereocenters. The van der Waals surface area contributed by atoms with Crippen LogP contribution in [0.4, 0.5) is 0 Å². The number of nitrogens with zero attached hydrogens (tertiary/aromatic N) is 1. The Kier molecular flexibility index (Phi) is 8.12. The molecule has 2 amide bonds. The Balaban J connectivity index is 1.34. The zero-order valence-electron chi connectivity index (χ0n) is 17.5. The van der Waals surface area contributed by atoms with Crippen LogP contribution in [0.3, 0.4) is 0 Å². The first-order chi connectivity index (χ1) is 14.6. The summed E-state index contributed by atoms with van der Waals surface area (Å²) in [6, 6.07) is 17.3. The molecule has 0 bridgehead atoms. The molecule has 0 atom stereocenters. The lowest BCUT2D eigenvalue weighted by Crippen LogP contribution is -2.47. The van der Waals surface area contributed by atoms with Crippen LogP contribution in [0, 0.1) is 0 Å². The van der Waals surface area contributed by atoms with Gasteiger partial charge in [-0.25, -0.2) is 0 Å². The van der Waals surface area contributed by atoms with E-state index in [2.05, 4.69) is 5.32 Å². The summed E-state index contributed by atoms with van der Waals surface area (Å²) in [7, 11) is 0. The van der Waals surface area contributed by atoms with Crippen LogP contribution in [-0.2, 0) is 16.0 Å². The van der Waals surface area contributed by atoms with Crippen molar-refractivity contribution in [2.45, 2.75) is 38.6 Å². The Morgan fingerprint density at radius 3 is 2.30 bits per heavy atom. The van der Waals surface area contributed by atoms with Crippen molar-refractivity contribution in [3.63, 3.8) is 0 Å². The van der Waals surface area contributed by atoms with Gasteiger partial charge in [-0.15, -0.1) is 0 Å². The predicted octanol–water partition coefficient (Wildman–Crippen LogP) is 3.20. The smallest absolute Gasteiger partial charge is 0.226 e. The van der Waals surface area contributed by atoms with Crippen molar-refractivity contribution in [2.24, 2.45) is 0 Å². The van der Waals surface area contributed by atoms with E-state index in [9.17, 15) is 9.59 Å². The number of ether oxygens (including phenoxy) is 2. The number of piperidine rings is 1. The van der Waals surface area contributed by atoms with Crippen molar-refractivity contribution in [1.29, 1.82) is 0 Å². The molecule has 6 nitrogen and oxygen atoms in total. The highest BCUT2D eigenvalue weighted by Gasteiger charge is 2.23. The lowest BCUT2D eigenvalue weighted by molar-refractivity contribution is -0.131. The molecule has 2 aromatic rings. The molecule has 6 heteroatoms. The Morgan fingerprint density at radius 2 is 1.63 bits per heavy atom. The van der Waals surface area contributed by atoms with E-state index in [-0.39, 0.29) is 17.9 Å². The van der Waals surface area contributed by atoms with Gasteiger partial charge in [-0.05, 0) is 49.6 Å². The number of rotatable bonds is 9. The molecule has 0 aliphatic carbocycles. The summed E-state index contributed by atoms with van der Waals surface area (Å²) in [5.41, 5.74) is 0.984. The maximum absolute atomic E-state index is 12.6. The monoisotopic (exact) mass is 410 g/mol. The Labute approximate surface area is 178 Å². The summed E-state index contributed by atoms with van der Waals surface area (Å²) in [6.45, 7) is 4.27. The van der Waals surface area contributed by atoms with Crippen LogP contribution in [0.1, 0.15) is 31.7 Å². The fraction of sp³-hybridized carbons (Fsp3) is 0.417. The zero-order chi connectivity index (χ0) is 21.2. The highest BCUT2D eigenvalue weighted by Crippen LogP contribution is 2.16. The van der Waals surface area contributed by atoms with Gasteiger partial charge >= 0.3 is 0 Å². The number of para-hydroxylation sites is 1. The molecule has 0 aromatic heterocycles. The van der Waals surface area contributed by atoms with Gasteiger partial charge in [0.1, 0.15) is 11.5 Å². The molecular weight excluding hydrogens is 380 g/mol. The van der Waals surface area contributed by atoms with Gasteiger partial charge in [-0.2, -0.15) is 0 Å². The van der Waals surface area contributed by atoms with Crippen molar-refractivity contribution >= 4 is 11.8 Å². The molecule has 1 saturated heterocycles. The first-order valence-corrected chi connectivity index (χ1v) is 10.6. The second-order valence-electron chi connectivity index (χ2n) is 7.39. The summed E-state index contributed by atoms with van der Waals surface area (Å²) in [5.74, 6) is 1.70. The molecule has 2 aromatic carbocycles. The van der Waals surface area contributed by atoms with Crippen LogP contribution in [0.5, 0.6) is 11.5 Å². The van der Waals surface area contributed by atoms with Gasteiger partial charge in [0.25, 0.3) is 0 Å². The lowest BCUT2D eigenvalue weighted by Gasteiger charge is -2.32. The molecule has 0 radical (unpaired) electrons. The van der Waals surface area contributed by atoms with Crippen LogP contribution < -0.4 is 14.8 Å². The average molecular weight is 411 g/mol. The molecule has 3 rings (SSSR count). The predicted molar refractivity (Wildman–Crippen MR) is 116 cm³/mol. The molecule has 30 heavy (non-hydrogen) atoms. The van der Waals surface area contributed by atoms with E-state index in [0.717, 1.165) is 29.9 Å². The first kappa shape index (κ1) is 21.7. The van der Waals surface area contributed by atoms with Gasteiger partial charge in [0, 0.05) is 19.1 Å². The van der Waals surface area contributed by atoms with Crippen LogP contribution >= 0.6 is 0 Å². The van der Waals surface area contributed by atoms with E-state index < -0.39 is 0 Å². The highest BCUT2D eigenvalue weighted by molar-refractivity contribution is 5.79. The average Bonchev–Trinajstić information content (AvgIpc) is 2.76. The number of carbonyl (C=O) groups is 2. The molecule has 1 fully saturated rings. The minimum absolute atomic E-state index is 0.00917. The molecule has 1 aliphatic rings. The van der Waals surface area contributed by atoms with Crippen molar-refractivity contribution in [1.82, 2.24) is 10.2 Å². The molecule has 1 N–H and O–H groups in total. The number of amides is 2. The van der Waals surface area contributed by atoms with Crippen molar-refractivity contribution < 1.29 is 19.1 Å². The maximum Gasteiger partial charge on any atom is 0.226 e. The van der Waals surface area contributed by atoms with Crippen LogP contribution in [0.15, 0.2) is 54.6 Å². The second kappa shape index (κ2) is 11.2. The van der Waals surface area contributed by atoms with Crippen LogP contribution in [0.25, 0.3) is 0 Å². The number of hydrogen-bond acceptors (Lipinski definition) is 4. The number of benzene rings is 2. The number of likely N-dealkylation sites (tertiary alicyclic amines) is 1. The van der Waals surface area contributed by atoms with Gasteiger partial charge < -0.3 is 19.7 Å². The first-order valence-electron chi connectivity index (χ1n) is 10.6. The second-order valence-corrected chi connectivity index (χ2v) is 7.39. The van der Waals surface area contributed by atoms with E-state index in [4.69, 9.17) is 9.47 Å². The third-order valence-corrected chi connectivity index (χ3v) is 5.14. The minimum atomic E-state index is -0.00917. The molecule has 0 spiro atoms. The standard InChI is InChI=1S/C24H30N2O4/c1-2-29-22-10-8-19(9-11-22)18-24(28)26-15-12-20(13-16-26)25-23(27)14-17-30-21-6-4-3-5-7-21/h3-11,20H,2,12-18H2,1H3,(H,25,27). The van der Waals surface area contributed by atoms with E-state index in [1.54, 1.807) is 0 Å². The fourth-order valence-electron chi connectivity index (χ4n) is 3.51. The van der Waals surface area contributed by atoms with Gasteiger partial charge in [0.2, 0.25) is 11.8 Å². The SMILES string of the molecule is CCOc1ccc(CC(=O)N2CCC(NC(=O)CCOc3ccccc3)CC2)cc1. The van der Waals surface area contributed by atoms with Gasteiger partial charge in [-0.3, -0.25) is 9.59 Å². The topological polar surface area (TPSA) is 67.9 Å².